The minimum absolute atomic E-state index is 0.0426. The molecule has 0 radical (unpaired) electrons. The van der Waals surface area contributed by atoms with Crippen molar-refractivity contribution in [2.75, 3.05) is 13.7 Å². The molecule has 1 heterocycles. The molecule has 1 aromatic carbocycles. The molecule has 2 atom stereocenters. The monoisotopic (exact) mass is 301 g/mol. The van der Waals surface area contributed by atoms with E-state index in [-0.39, 0.29) is 23.8 Å². The lowest BCUT2D eigenvalue weighted by Gasteiger charge is -2.13. The molecule has 3 rings (SSSR count). The van der Waals surface area contributed by atoms with E-state index in [4.69, 9.17) is 9.47 Å². The van der Waals surface area contributed by atoms with E-state index >= 15 is 0 Å². The average molecular weight is 301 g/mol. The highest BCUT2D eigenvalue weighted by Crippen LogP contribution is 2.26. The maximum atomic E-state index is 12.1. The van der Waals surface area contributed by atoms with Crippen LogP contribution in [0.1, 0.15) is 17.5 Å². The van der Waals surface area contributed by atoms with Crippen LogP contribution in [0.3, 0.4) is 0 Å². The third-order valence-corrected chi connectivity index (χ3v) is 4.05. The zero-order valence-corrected chi connectivity index (χ0v) is 12.5. The van der Waals surface area contributed by atoms with Crippen LogP contribution in [-0.2, 0) is 27.2 Å². The van der Waals surface area contributed by atoms with Crippen LogP contribution >= 0.6 is 0 Å². The molecule has 1 aliphatic heterocycles. The Morgan fingerprint density at radius 2 is 2.23 bits per heavy atom. The number of esters is 1. The number of hydrogen-bond donors (Lipinski definition) is 1. The predicted molar refractivity (Wildman–Crippen MR) is 80.5 cm³/mol. The van der Waals surface area contributed by atoms with E-state index in [2.05, 4.69) is 5.32 Å². The Kier molecular flexibility index (Phi) is 4.13. The summed E-state index contributed by atoms with van der Waals surface area (Å²) in [4.78, 5) is 23.6. The molecule has 0 saturated heterocycles. The van der Waals surface area contributed by atoms with Gasteiger partial charge in [0.25, 0.3) is 0 Å². The molecular formula is C17H19NO4. The highest BCUT2D eigenvalue weighted by Gasteiger charge is 2.26. The van der Waals surface area contributed by atoms with Crippen molar-refractivity contribution in [1.82, 2.24) is 5.32 Å². The molecule has 1 N–H and O–H groups in total. The first kappa shape index (κ1) is 14.6. The van der Waals surface area contributed by atoms with Gasteiger partial charge >= 0.3 is 5.97 Å². The Morgan fingerprint density at radius 1 is 1.36 bits per heavy atom. The van der Waals surface area contributed by atoms with Crippen LogP contribution in [0, 0.1) is 5.92 Å². The molecule has 0 spiro atoms. The Balaban J connectivity index is 1.53. The van der Waals surface area contributed by atoms with Crippen molar-refractivity contribution in [1.29, 1.82) is 0 Å². The molecule has 5 nitrogen and oxygen atoms in total. The summed E-state index contributed by atoms with van der Waals surface area (Å²) in [6.45, 7) is 0.715. The summed E-state index contributed by atoms with van der Waals surface area (Å²) in [5.74, 6) is 0.363. The second-order valence-electron chi connectivity index (χ2n) is 5.64. The summed E-state index contributed by atoms with van der Waals surface area (Å²) in [5, 5.41) is 2.94. The van der Waals surface area contributed by atoms with Crippen LogP contribution in [-0.4, -0.2) is 31.6 Å². The van der Waals surface area contributed by atoms with Gasteiger partial charge in [0, 0.05) is 12.5 Å². The first-order valence-corrected chi connectivity index (χ1v) is 7.46. The standard InChI is InChI=1S/C17H19NO4/c1-21-17(20)13-3-4-14(10-13)18-16(19)9-11-2-5-15-12(8-11)6-7-22-15/h2-5,8,13-14H,6-7,9-10H2,1H3,(H,18,19)/t13?,14-/m1/s1. The molecule has 1 aromatic rings. The molecule has 0 saturated carbocycles. The van der Waals surface area contributed by atoms with Gasteiger partial charge in [-0.05, 0) is 23.6 Å². The van der Waals surface area contributed by atoms with Crippen molar-refractivity contribution in [3.8, 4) is 5.75 Å². The van der Waals surface area contributed by atoms with E-state index in [1.807, 2.05) is 24.3 Å². The summed E-state index contributed by atoms with van der Waals surface area (Å²) >= 11 is 0. The van der Waals surface area contributed by atoms with E-state index in [1.165, 1.54) is 7.11 Å². The summed E-state index contributed by atoms with van der Waals surface area (Å²) in [6, 6.07) is 5.78. The summed E-state index contributed by atoms with van der Waals surface area (Å²) in [6.07, 6.45) is 5.45. The molecule has 0 bridgehead atoms. The second-order valence-corrected chi connectivity index (χ2v) is 5.64. The maximum absolute atomic E-state index is 12.1. The largest absolute Gasteiger partial charge is 0.493 e. The minimum Gasteiger partial charge on any atom is -0.493 e. The van der Waals surface area contributed by atoms with Crippen LogP contribution in [0.15, 0.2) is 30.4 Å². The van der Waals surface area contributed by atoms with Gasteiger partial charge in [-0.1, -0.05) is 24.3 Å². The molecule has 0 aromatic heterocycles. The molecule has 2 aliphatic rings. The molecule has 1 aliphatic carbocycles. The van der Waals surface area contributed by atoms with E-state index in [9.17, 15) is 9.59 Å². The number of carbonyl (C=O) groups excluding carboxylic acids is 2. The highest BCUT2D eigenvalue weighted by atomic mass is 16.5. The molecular weight excluding hydrogens is 282 g/mol. The molecule has 5 heteroatoms. The van der Waals surface area contributed by atoms with Gasteiger partial charge in [0.15, 0.2) is 0 Å². The fraction of sp³-hybridized carbons (Fsp3) is 0.412. The Labute approximate surface area is 129 Å². The van der Waals surface area contributed by atoms with E-state index < -0.39 is 0 Å². The summed E-state index contributed by atoms with van der Waals surface area (Å²) in [5.41, 5.74) is 2.14. The Morgan fingerprint density at radius 3 is 3.05 bits per heavy atom. The van der Waals surface area contributed by atoms with Crippen molar-refractivity contribution in [3.05, 3.63) is 41.5 Å². The van der Waals surface area contributed by atoms with Gasteiger partial charge < -0.3 is 14.8 Å². The molecule has 1 unspecified atom stereocenters. The van der Waals surface area contributed by atoms with E-state index in [0.29, 0.717) is 19.4 Å². The van der Waals surface area contributed by atoms with Gasteiger partial charge in [-0.15, -0.1) is 0 Å². The number of amides is 1. The molecule has 1 amide bonds. The van der Waals surface area contributed by atoms with Crippen LogP contribution in [0.25, 0.3) is 0 Å². The smallest absolute Gasteiger partial charge is 0.312 e. The van der Waals surface area contributed by atoms with Gasteiger partial charge in [0.05, 0.1) is 26.1 Å². The number of rotatable bonds is 4. The zero-order chi connectivity index (χ0) is 15.5. The van der Waals surface area contributed by atoms with Crippen molar-refractivity contribution >= 4 is 11.9 Å². The number of fused-ring (bicyclic) bond motifs is 1. The van der Waals surface area contributed by atoms with Crippen LogP contribution < -0.4 is 10.1 Å². The lowest BCUT2D eigenvalue weighted by atomic mass is 10.1. The Bertz CT molecular complexity index is 623. The average Bonchev–Trinajstić information content (AvgIpc) is 3.14. The van der Waals surface area contributed by atoms with Gasteiger partial charge in [-0.2, -0.15) is 0 Å². The minimum atomic E-state index is -0.258. The van der Waals surface area contributed by atoms with Crippen LogP contribution in [0.5, 0.6) is 5.75 Å². The number of nitrogens with one attached hydrogen (secondary N) is 1. The van der Waals surface area contributed by atoms with Crippen LogP contribution in [0.2, 0.25) is 0 Å². The van der Waals surface area contributed by atoms with Gasteiger partial charge in [0.1, 0.15) is 5.75 Å². The molecule has 0 fully saturated rings. The number of hydrogen-bond acceptors (Lipinski definition) is 4. The number of ether oxygens (including phenoxy) is 2. The normalized spacial score (nSPS) is 22.0. The lowest BCUT2D eigenvalue weighted by Crippen LogP contribution is -2.34. The highest BCUT2D eigenvalue weighted by molar-refractivity contribution is 5.80. The predicted octanol–water partition coefficient (Wildman–Crippen LogP) is 1.40. The summed E-state index contributed by atoms with van der Waals surface area (Å²) in [7, 11) is 1.37. The number of benzene rings is 1. The van der Waals surface area contributed by atoms with Gasteiger partial charge in [-0.25, -0.2) is 0 Å². The third-order valence-electron chi connectivity index (χ3n) is 4.05. The summed E-state index contributed by atoms with van der Waals surface area (Å²) < 4.78 is 10.2. The topological polar surface area (TPSA) is 64.6 Å². The molecule has 116 valence electrons. The number of methoxy groups -OCH3 is 1. The maximum Gasteiger partial charge on any atom is 0.312 e. The third kappa shape index (κ3) is 3.13. The first-order valence-electron chi connectivity index (χ1n) is 7.46. The lowest BCUT2D eigenvalue weighted by molar-refractivity contribution is -0.143. The van der Waals surface area contributed by atoms with Crippen molar-refractivity contribution in [3.63, 3.8) is 0 Å². The second kappa shape index (κ2) is 6.22. The van der Waals surface area contributed by atoms with Crippen molar-refractivity contribution in [2.24, 2.45) is 5.92 Å². The van der Waals surface area contributed by atoms with Crippen molar-refractivity contribution < 1.29 is 19.1 Å². The number of carbonyl (C=O) groups is 2. The van der Waals surface area contributed by atoms with Crippen molar-refractivity contribution in [2.45, 2.75) is 25.3 Å². The zero-order valence-electron chi connectivity index (χ0n) is 12.5. The SMILES string of the molecule is COC(=O)C1C=C[C@@H](NC(=O)Cc2ccc3c(c2)CCO3)C1. The quantitative estimate of drug-likeness (QED) is 0.674. The van der Waals surface area contributed by atoms with E-state index in [1.54, 1.807) is 6.08 Å². The van der Waals surface area contributed by atoms with E-state index in [0.717, 1.165) is 23.3 Å². The van der Waals surface area contributed by atoms with Gasteiger partial charge in [-0.3, -0.25) is 9.59 Å². The van der Waals surface area contributed by atoms with Crippen LogP contribution in [0.4, 0.5) is 0 Å². The molecule has 22 heavy (non-hydrogen) atoms. The first-order chi connectivity index (χ1) is 10.7. The van der Waals surface area contributed by atoms with Gasteiger partial charge in [0.2, 0.25) is 5.91 Å². The fourth-order valence-corrected chi connectivity index (χ4v) is 2.93. The fourth-order valence-electron chi connectivity index (χ4n) is 2.93. The Hall–Kier alpha value is -2.30.